The molecular weight excluding hydrogens is 721 g/mol. The van der Waals surface area contributed by atoms with Crippen molar-refractivity contribution in [2.75, 3.05) is 32.1 Å². The van der Waals surface area contributed by atoms with Gasteiger partial charge in [-0.25, -0.2) is 0 Å². The lowest BCUT2D eigenvalue weighted by molar-refractivity contribution is -0.138. The molecule has 2 aromatic carbocycles. The second kappa shape index (κ2) is 15.6. The fourth-order valence-corrected chi connectivity index (χ4v) is 11.9. The molecule has 4 aliphatic rings. The van der Waals surface area contributed by atoms with E-state index in [0.29, 0.717) is 19.3 Å². The Bertz CT molecular complexity index is 2070. The van der Waals surface area contributed by atoms with Gasteiger partial charge in [0.15, 0.2) is 0 Å². The molecule has 6 heterocycles. The number of carbonyl (C=O) groups is 4. The Morgan fingerprint density at radius 3 is 2.13 bits per heavy atom. The maximum Gasteiger partial charge on any atom is 0.246 e. The van der Waals surface area contributed by atoms with E-state index >= 15 is 0 Å². The van der Waals surface area contributed by atoms with Crippen LogP contribution in [0, 0.1) is 0 Å². The van der Waals surface area contributed by atoms with Gasteiger partial charge >= 0.3 is 0 Å². The number of amides is 4. The summed E-state index contributed by atoms with van der Waals surface area (Å²) < 4.78 is 0. The zero-order chi connectivity index (χ0) is 37.5. The number of rotatable bonds is 10. The van der Waals surface area contributed by atoms with Gasteiger partial charge in [0.2, 0.25) is 23.6 Å². The van der Waals surface area contributed by atoms with Crippen LogP contribution < -0.4 is 21.3 Å². The quantitative estimate of drug-likeness (QED) is 0.140. The molecule has 14 heteroatoms. The molecule has 4 fully saturated rings. The molecule has 2 unspecified atom stereocenters. The van der Waals surface area contributed by atoms with Crippen LogP contribution >= 0.6 is 23.5 Å². The third-order valence-corrected chi connectivity index (χ3v) is 14.4. The van der Waals surface area contributed by atoms with Gasteiger partial charge in [-0.2, -0.15) is 0 Å². The van der Waals surface area contributed by atoms with Gasteiger partial charge in [-0.05, 0) is 83.7 Å². The van der Waals surface area contributed by atoms with Crippen molar-refractivity contribution in [2.45, 2.75) is 92.8 Å². The average Bonchev–Trinajstić information content (AvgIpc) is 3.92. The Balaban J connectivity index is 1.18. The Morgan fingerprint density at radius 2 is 1.41 bits per heavy atom. The van der Waals surface area contributed by atoms with Crippen molar-refractivity contribution in [1.29, 1.82) is 0 Å². The molecule has 286 valence electrons. The molecule has 0 aliphatic carbocycles. The normalized spacial score (nSPS) is 26.4. The molecule has 8 rings (SSSR count). The summed E-state index contributed by atoms with van der Waals surface area (Å²) in [5, 5.41) is 14.2. The second-order valence-electron chi connectivity index (χ2n) is 15.0. The topological polar surface area (TPSA) is 154 Å². The Hall–Kier alpha value is -3.98. The van der Waals surface area contributed by atoms with Gasteiger partial charge in [0, 0.05) is 44.9 Å². The van der Waals surface area contributed by atoms with E-state index in [2.05, 4.69) is 71.4 Å². The molecule has 4 saturated heterocycles. The van der Waals surface area contributed by atoms with Crippen molar-refractivity contribution in [3.05, 3.63) is 59.7 Å². The minimum absolute atomic E-state index is 0.00177. The minimum atomic E-state index is -0.566. The molecule has 0 radical (unpaired) electrons. The van der Waals surface area contributed by atoms with Crippen LogP contribution in [0.5, 0.6) is 0 Å². The zero-order valence-electron chi connectivity index (χ0n) is 31.1. The summed E-state index contributed by atoms with van der Waals surface area (Å²) >= 11 is 3.67. The average molecular weight is 771 g/mol. The molecule has 0 spiro atoms. The fourth-order valence-electron chi connectivity index (χ4n) is 8.89. The first-order valence-corrected chi connectivity index (χ1v) is 21.4. The molecule has 4 aromatic rings. The van der Waals surface area contributed by atoms with Gasteiger partial charge in [0.1, 0.15) is 12.1 Å². The Labute approximate surface area is 324 Å². The predicted molar refractivity (Wildman–Crippen MR) is 216 cm³/mol. The standard InChI is InChI=1S/C40H50N8O4S2/c1-22(42-3)38(50)46-30-15-9-16-33-47(39(30)51)23(20-53-33)18-26-24-10-4-6-12-27(24)44-36(26)37-35(25-11-5-7-13-28(25)45-37)31-21-54-34-17-8-14-29(40(52)48(31)34)43-32(49)19-41-2/h4-7,10-13,22-23,29-31,33-34,41-42,44-45H,8-9,14-21H2,1-3H3,(H,43,49)(H,46,50)/t22-,23?,29-,30-,31?,33+,34+/m0/s1. The number of benzene rings is 2. The third-order valence-electron chi connectivity index (χ3n) is 11.7. The van der Waals surface area contributed by atoms with E-state index in [1.165, 1.54) is 0 Å². The number of hydrogen-bond acceptors (Lipinski definition) is 8. The number of hydrogen-bond donors (Lipinski definition) is 6. The van der Waals surface area contributed by atoms with Crippen LogP contribution in [0.15, 0.2) is 48.5 Å². The summed E-state index contributed by atoms with van der Waals surface area (Å²) in [6, 6.07) is 14.9. The molecule has 4 aliphatic heterocycles. The van der Waals surface area contributed by atoms with E-state index in [4.69, 9.17) is 0 Å². The molecule has 0 saturated carbocycles. The number of likely N-dealkylation sites (N-methyl/N-ethyl adjacent to an activating group) is 2. The van der Waals surface area contributed by atoms with Crippen LogP contribution in [0.3, 0.4) is 0 Å². The van der Waals surface area contributed by atoms with Crippen molar-refractivity contribution < 1.29 is 19.2 Å². The number of fused-ring (bicyclic) bond motifs is 4. The monoisotopic (exact) mass is 770 g/mol. The maximum atomic E-state index is 14.4. The van der Waals surface area contributed by atoms with E-state index in [-0.39, 0.29) is 59.0 Å². The number of H-pyrrole nitrogens is 2. The number of aromatic amines is 2. The van der Waals surface area contributed by atoms with E-state index in [1.807, 2.05) is 41.7 Å². The number of thioether (sulfide) groups is 2. The summed E-state index contributed by atoms with van der Waals surface area (Å²) in [6.07, 6.45) is 5.40. The first-order chi connectivity index (χ1) is 26.3. The lowest BCUT2D eigenvalue weighted by Gasteiger charge is -2.31. The number of para-hydroxylation sites is 2. The summed E-state index contributed by atoms with van der Waals surface area (Å²) in [6.45, 7) is 1.97. The summed E-state index contributed by atoms with van der Waals surface area (Å²) in [5.41, 5.74) is 6.15. The Morgan fingerprint density at radius 1 is 0.796 bits per heavy atom. The Kier molecular flexibility index (Phi) is 10.7. The van der Waals surface area contributed by atoms with Crippen molar-refractivity contribution in [3.8, 4) is 11.4 Å². The van der Waals surface area contributed by atoms with E-state index in [9.17, 15) is 19.2 Å². The first kappa shape index (κ1) is 37.0. The van der Waals surface area contributed by atoms with E-state index < -0.39 is 12.1 Å². The highest BCUT2D eigenvalue weighted by Crippen LogP contribution is 2.49. The van der Waals surface area contributed by atoms with Gasteiger partial charge in [-0.1, -0.05) is 36.4 Å². The maximum absolute atomic E-state index is 14.4. The van der Waals surface area contributed by atoms with Gasteiger partial charge < -0.3 is 41.0 Å². The lowest BCUT2D eigenvalue weighted by Crippen LogP contribution is -2.54. The van der Waals surface area contributed by atoms with Gasteiger partial charge in [0.05, 0.1) is 40.8 Å². The van der Waals surface area contributed by atoms with Crippen LogP contribution in [-0.2, 0) is 25.6 Å². The van der Waals surface area contributed by atoms with Crippen LogP contribution in [0.2, 0.25) is 0 Å². The number of carbonyl (C=O) groups excluding carboxylic acids is 4. The SMILES string of the molecule is CNCC(=O)N[C@H]1CCC[C@H]2SCC(c3c(-c4[nH]c5ccccc5c4CC4CS[C@@H]5CCC[C@H](NC(=O)[C@H](C)NC)C(=O)N45)[nH]c4ccccc34)N2C1=O. The van der Waals surface area contributed by atoms with Crippen LogP contribution in [0.25, 0.3) is 33.2 Å². The van der Waals surface area contributed by atoms with E-state index in [1.54, 1.807) is 21.0 Å². The van der Waals surface area contributed by atoms with Crippen LogP contribution in [-0.4, -0.2) is 110 Å². The van der Waals surface area contributed by atoms with E-state index in [0.717, 1.165) is 81.5 Å². The third kappa shape index (κ3) is 6.79. The van der Waals surface area contributed by atoms with Crippen molar-refractivity contribution in [3.63, 3.8) is 0 Å². The van der Waals surface area contributed by atoms with Crippen molar-refractivity contribution in [2.24, 2.45) is 0 Å². The summed E-state index contributed by atoms with van der Waals surface area (Å²) in [4.78, 5) is 66.0. The molecule has 2 aromatic heterocycles. The summed E-state index contributed by atoms with van der Waals surface area (Å²) in [5.74, 6) is 1.20. The molecule has 12 nitrogen and oxygen atoms in total. The zero-order valence-corrected chi connectivity index (χ0v) is 32.7. The number of nitrogens with one attached hydrogen (secondary N) is 6. The highest BCUT2D eigenvalue weighted by Gasteiger charge is 2.46. The highest BCUT2D eigenvalue weighted by molar-refractivity contribution is 8.00. The smallest absolute Gasteiger partial charge is 0.246 e. The molecular formula is C40H50N8O4S2. The molecule has 0 bridgehead atoms. The lowest BCUT2D eigenvalue weighted by atomic mass is 9.95. The number of nitrogens with zero attached hydrogens (tertiary/aromatic N) is 2. The van der Waals surface area contributed by atoms with Crippen LogP contribution in [0.4, 0.5) is 0 Å². The van der Waals surface area contributed by atoms with Gasteiger partial charge in [-0.3, -0.25) is 19.2 Å². The number of aromatic nitrogens is 2. The minimum Gasteiger partial charge on any atom is -0.353 e. The molecule has 4 amide bonds. The second-order valence-corrected chi connectivity index (χ2v) is 17.4. The van der Waals surface area contributed by atoms with Crippen LogP contribution in [0.1, 0.15) is 62.6 Å². The first-order valence-electron chi connectivity index (χ1n) is 19.3. The molecule has 54 heavy (non-hydrogen) atoms. The largest absolute Gasteiger partial charge is 0.353 e. The fraction of sp³-hybridized carbons (Fsp3) is 0.500. The van der Waals surface area contributed by atoms with Crippen molar-refractivity contribution in [1.82, 2.24) is 41.0 Å². The predicted octanol–water partition coefficient (Wildman–Crippen LogP) is 4.24. The van der Waals surface area contributed by atoms with Gasteiger partial charge in [0.25, 0.3) is 0 Å². The summed E-state index contributed by atoms with van der Waals surface area (Å²) in [7, 11) is 3.48. The molecule has 7 atom stereocenters. The van der Waals surface area contributed by atoms with Gasteiger partial charge in [-0.15, -0.1) is 23.5 Å². The van der Waals surface area contributed by atoms with Crippen molar-refractivity contribution >= 4 is 69.0 Å². The highest BCUT2D eigenvalue weighted by atomic mass is 32.2. The molecule has 6 N–H and O–H groups in total.